The van der Waals surface area contributed by atoms with Crippen molar-refractivity contribution in [1.29, 1.82) is 0 Å². The van der Waals surface area contributed by atoms with Crippen molar-refractivity contribution < 1.29 is 14.7 Å². The summed E-state index contributed by atoms with van der Waals surface area (Å²) in [5.41, 5.74) is 1.06. The zero-order valence-electron chi connectivity index (χ0n) is 13.9. The fraction of sp³-hybridized carbons (Fsp3) is 0.316. The summed E-state index contributed by atoms with van der Waals surface area (Å²) in [7, 11) is 0. The number of piperidine rings is 1. The van der Waals surface area contributed by atoms with Crippen LogP contribution in [0.4, 0.5) is 0 Å². The lowest BCUT2D eigenvalue weighted by atomic mass is 9.96. The summed E-state index contributed by atoms with van der Waals surface area (Å²) < 4.78 is 0. The van der Waals surface area contributed by atoms with Crippen molar-refractivity contribution in [2.45, 2.75) is 12.8 Å². The van der Waals surface area contributed by atoms with Crippen molar-refractivity contribution in [1.82, 2.24) is 15.2 Å². The molecule has 1 fully saturated rings. The van der Waals surface area contributed by atoms with E-state index < -0.39 is 0 Å². The molecule has 2 heterocycles. The average molecular weight is 339 g/mol. The Bertz CT molecular complexity index is 741. The smallest absolute Gasteiger partial charge is 0.255 e. The zero-order valence-corrected chi connectivity index (χ0v) is 13.9. The Hall–Kier alpha value is -2.89. The molecular formula is C19H21N3O3. The Kier molecular flexibility index (Phi) is 5.28. The topological polar surface area (TPSA) is 82.5 Å². The van der Waals surface area contributed by atoms with E-state index in [1.165, 1.54) is 12.1 Å². The van der Waals surface area contributed by atoms with E-state index in [0.717, 1.165) is 12.8 Å². The predicted octanol–water partition coefficient (Wildman–Crippen LogP) is 2.07. The number of carbonyl (C=O) groups is 2. The third-order valence-corrected chi connectivity index (χ3v) is 4.47. The fourth-order valence-electron chi connectivity index (χ4n) is 3.00. The van der Waals surface area contributed by atoms with E-state index in [1.807, 2.05) is 4.90 Å². The van der Waals surface area contributed by atoms with E-state index in [9.17, 15) is 14.7 Å². The summed E-state index contributed by atoms with van der Waals surface area (Å²) in [4.78, 5) is 30.3. The van der Waals surface area contributed by atoms with Crippen LogP contribution in [0.25, 0.3) is 0 Å². The van der Waals surface area contributed by atoms with Gasteiger partial charge in [-0.05, 0) is 49.1 Å². The second-order valence-electron chi connectivity index (χ2n) is 6.24. The van der Waals surface area contributed by atoms with Crippen LogP contribution in [-0.2, 0) is 0 Å². The molecule has 0 atom stereocenters. The van der Waals surface area contributed by atoms with Crippen LogP contribution in [0.1, 0.15) is 33.6 Å². The minimum absolute atomic E-state index is 0.00958. The molecule has 25 heavy (non-hydrogen) atoms. The number of benzene rings is 1. The van der Waals surface area contributed by atoms with Gasteiger partial charge in [0, 0.05) is 37.6 Å². The lowest BCUT2D eigenvalue weighted by molar-refractivity contribution is 0.0684. The normalized spacial score (nSPS) is 15.0. The van der Waals surface area contributed by atoms with Crippen LogP contribution in [0, 0.1) is 5.92 Å². The van der Waals surface area contributed by atoms with Crippen molar-refractivity contribution in [3.8, 4) is 5.75 Å². The highest BCUT2D eigenvalue weighted by molar-refractivity contribution is 5.94. The van der Waals surface area contributed by atoms with Crippen LogP contribution in [0.15, 0.2) is 48.8 Å². The molecule has 2 N–H and O–H groups in total. The van der Waals surface area contributed by atoms with Crippen molar-refractivity contribution in [2.24, 2.45) is 5.92 Å². The lowest BCUT2D eigenvalue weighted by Gasteiger charge is -2.32. The van der Waals surface area contributed by atoms with Gasteiger partial charge in [0.05, 0.1) is 5.56 Å². The third-order valence-electron chi connectivity index (χ3n) is 4.47. The summed E-state index contributed by atoms with van der Waals surface area (Å²) in [5, 5.41) is 12.3. The van der Waals surface area contributed by atoms with Crippen LogP contribution in [0.3, 0.4) is 0 Å². The van der Waals surface area contributed by atoms with Crippen LogP contribution >= 0.6 is 0 Å². The fourth-order valence-corrected chi connectivity index (χ4v) is 3.00. The predicted molar refractivity (Wildman–Crippen MR) is 93.3 cm³/mol. The first kappa shape index (κ1) is 17.0. The molecule has 0 spiro atoms. The highest BCUT2D eigenvalue weighted by atomic mass is 16.3. The molecular weight excluding hydrogens is 318 g/mol. The molecule has 6 heteroatoms. The molecule has 1 saturated heterocycles. The summed E-state index contributed by atoms with van der Waals surface area (Å²) in [6.07, 6.45) is 4.95. The van der Waals surface area contributed by atoms with Gasteiger partial charge in [-0.25, -0.2) is 0 Å². The Labute approximate surface area is 146 Å². The first-order chi connectivity index (χ1) is 12.1. The van der Waals surface area contributed by atoms with Gasteiger partial charge in [-0.15, -0.1) is 0 Å². The van der Waals surface area contributed by atoms with Crippen LogP contribution < -0.4 is 5.32 Å². The second kappa shape index (κ2) is 7.79. The zero-order chi connectivity index (χ0) is 17.6. The Morgan fingerprint density at radius 1 is 1.16 bits per heavy atom. The quantitative estimate of drug-likeness (QED) is 0.893. The Balaban J connectivity index is 1.46. The van der Waals surface area contributed by atoms with Crippen LogP contribution in [0.5, 0.6) is 5.75 Å². The van der Waals surface area contributed by atoms with Crippen molar-refractivity contribution in [3.63, 3.8) is 0 Å². The van der Waals surface area contributed by atoms with Gasteiger partial charge in [-0.3, -0.25) is 14.6 Å². The van der Waals surface area contributed by atoms with Gasteiger partial charge in [-0.2, -0.15) is 0 Å². The number of pyridine rings is 1. The lowest BCUT2D eigenvalue weighted by Crippen LogP contribution is -2.41. The molecule has 0 radical (unpaired) electrons. The maximum atomic E-state index is 12.4. The van der Waals surface area contributed by atoms with E-state index in [1.54, 1.807) is 36.7 Å². The first-order valence-corrected chi connectivity index (χ1v) is 8.40. The average Bonchev–Trinajstić information content (AvgIpc) is 2.66. The Morgan fingerprint density at radius 2 is 1.92 bits per heavy atom. The highest BCUT2D eigenvalue weighted by Gasteiger charge is 2.24. The maximum Gasteiger partial charge on any atom is 0.255 e. The molecule has 6 nitrogen and oxygen atoms in total. The van der Waals surface area contributed by atoms with E-state index >= 15 is 0 Å². The molecule has 1 aromatic heterocycles. The number of hydrogen-bond donors (Lipinski definition) is 2. The molecule has 1 aliphatic rings. The first-order valence-electron chi connectivity index (χ1n) is 8.40. The molecule has 1 aliphatic heterocycles. The van der Waals surface area contributed by atoms with Gasteiger partial charge in [0.25, 0.3) is 11.8 Å². The molecule has 3 rings (SSSR count). The molecule has 0 saturated carbocycles. The van der Waals surface area contributed by atoms with Crippen LogP contribution in [-0.4, -0.2) is 46.4 Å². The highest BCUT2D eigenvalue weighted by Crippen LogP contribution is 2.18. The van der Waals surface area contributed by atoms with Gasteiger partial charge in [0.1, 0.15) is 5.75 Å². The van der Waals surface area contributed by atoms with Crippen molar-refractivity contribution in [3.05, 3.63) is 59.9 Å². The molecule has 2 amide bonds. The van der Waals surface area contributed by atoms with Gasteiger partial charge in [0.15, 0.2) is 0 Å². The number of carbonyl (C=O) groups excluding carboxylic acids is 2. The minimum atomic E-state index is -0.190. The standard InChI is InChI=1S/C19H21N3O3/c23-17-5-1-3-15(11-17)18(24)21-12-14-6-9-22(10-7-14)19(25)16-4-2-8-20-13-16/h1-5,8,11,13-14,23H,6-7,9-10,12H2,(H,21,24). The molecule has 2 aromatic rings. The number of nitrogens with one attached hydrogen (secondary N) is 1. The van der Waals surface area contributed by atoms with Crippen molar-refractivity contribution in [2.75, 3.05) is 19.6 Å². The SMILES string of the molecule is O=C(NCC1CCN(C(=O)c2cccnc2)CC1)c1cccc(O)c1. The number of likely N-dealkylation sites (tertiary alicyclic amines) is 1. The molecule has 1 aromatic carbocycles. The van der Waals surface area contributed by atoms with E-state index in [0.29, 0.717) is 36.7 Å². The number of hydrogen-bond acceptors (Lipinski definition) is 4. The molecule has 130 valence electrons. The van der Waals surface area contributed by atoms with Crippen LogP contribution in [0.2, 0.25) is 0 Å². The minimum Gasteiger partial charge on any atom is -0.508 e. The third kappa shape index (κ3) is 4.35. The number of nitrogens with zero attached hydrogens (tertiary/aromatic N) is 2. The number of aromatic hydroxyl groups is 1. The monoisotopic (exact) mass is 339 g/mol. The number of rotatable bonds is 4. The van der Waals surface area contributed by atoms with Gasteiger partial charge < -0.3 is 15.3 Å². The van der Waals surface area contributed by atoms with Gasteiger partial charge in [-0.1, -0.05) is 6.07 Å². The maximum absolute atomic E-state index is 12.4. The number of phenols is 1. The largest absolute Gasteiger partial charge is 0.508 e. The van der Waals surface area contributed by atoms with Gasteiger partial charge >= 0.3 is 0 Å². The molecule has 0 bridgehead atoms. The molecule has 0 unspecified atom stereocenters. The number of aromatic nitrogens is 1. The Morgan fingerprint density at radius 3 is 2.60 bits per heavy atom. The second-order valence-corrected chi connectivity index (χ2v) is 6.24. The van der Waals surface area contributed by atoms with Gasteiger partial charge in [0.2, 0.25) is 0 Å². The van der Waals surface area contributed by atoms with E-state index in [4.69, 9.17) is 0 Å². The summed E-state index contributed by atoms with van der Waals surface area (Å²) >= 11 is 0. The molecule has 0 aliphatic carbocycles. The summed E-state index contributed by atoms with van der Waals surface area (Å²) in [5.74, 6) is 0.245. The van der Waals surface area contributed by atoms with E-state index in [-0.39, 0.29) is 17.6 Å². The summed E-state index contributed by atoms with van der Waals surface area (Å²) in [6.45, 7) is 1.93. The number of phenolic OH excluding ortho intramolecular Hbond substituents is 1. The van der Waals surface area contributed by atoms with E-state index in [2.05, 4.69) is 10.3 Å². The number of amides is 2. The van der Waals surface area contributed by atoms with Crippen molar-refractivity contribution >= 4 is 11.8 Å². The summed E-state index contributed by atoms with van der Waals surface area (Å²) in [6, 6.07) is 9.83.